The van der Waals surface area contributed by atoms with Crippen molar-refractivity contribution in [1.82, 2.24) is 4.31 Å². The summed E-state index contributed by atoms with van der Waals surface area (Å²) in [4.78, 5) is 12.0. The van der Waals surface area contributed by atoms with E-state index in [2.05, 4.69) is 0 Å². The second kappa shape index (κ2) is 6.88. The number of sulfonamides is 1. The number of hydrogen-bond donors (Lipinski definition) is 0. The second-order valence-electron chi connectivity index (χ2n) is 5.68. The third-order valence-corrected chi connectivity index (χ3v) is 5.99. The van der Waals surface area contributed by atoms with Crippen LogP contribution >= 0.6 is 0 Å². The number of ether oxygens (including phenoxy) is 2. The molecule has 0 heterocycles. The number of aryl methyl sites for hydroxylation is 2. The van der Waals surface area contributed by atoms with Crippen molar-refractivity contribution in [3.05, 3.63) is 23.3 Å². The number of methoxy groups -OCH3 is 1. The summed E-state index contributed by atoms with van der Waals surface area (Å²) in [6.45, 7) is 5.16. The largest absolute Gasteiger partial charge is 0.497 e. The maximum Gasteiger partial charge on any atom is 0.321 e. The highest BCUT2D eigenvalue weighted by Crippen LogP contribution is 2.35. The lowest BCUT2D eigenvalue weighted by atomic mass is 10.1. The summed E-state index contributed by atoms with van der Waals surface area (Å²) in [6, 6.07) is 3.26. The van der Waals surface area contributed by atoms with Crippen LogP contribution in [0.15, 0.2) is 17.0 Å². The number of carbonyl (C=O) groups excluding carboxylic acids is 1. The highest BCUT2D eigenvalue weighted by molar-refractivity contribution is 7.89. The molecule has 0 aliphatic heterocycles. The van der Waals surface area contributed by atoms with Gasteiger partial charge in [0, 0.05) is 6.04 Å². The molecular weight excluding hydrogens is 318 g/mol. The topological polar surface area (TPSA) is 72.9 Å². The van der Waals surface area contributed by atoms with Gasteiger partial charge in [-0.15, -0.1) is 0 Å². The molecule has 1 aromatic rings. The molecule has 0 unspecified atom stereocenters. The zero-order valence-electron chi connectivity index (χ0n) is 14.0. The SMILES string of the molecule is CCOC(=O)CN(C1CC1)S(=O)(=O)c1c(C)cc(OC)cc1C. The number of nitrogens with zero attached hydrogens (tertiary/aromatic N) is 1. The van der Waals surface area contributed by atoms with Gasteiger partial charge in [-0.2, -0.15) is 4.31 Å². The van der Waals surface area contributed by atoms with Crippen LogP contribution in [0.25, 0.3) is 0 Å². The van der Waals surface area contributed by atoms with Crippen molar-refractivity contribution in [2.75, 3.05) is 20.3 Å². The molecule has 0 atom stereocenters. The van der Waals surface area contributed by atoms with Gasteiger partial charge in [0.15, 0.2) is 0 Å². The molecule has 2 rings (SSSR count). The van der Waals surface area contributed by atoms with Gasteiger partial charge in [0.2, 0.25) is 10.0 Å². The van der Waals surface area contributed by atoms with Crippen LogP contribution < -0.4 is 4.74 Å². The summed E-state index contributed by atoms with van der Waals surface area (Å²) >= 11 is 0. The maximum absolute atomic E-state index is 13.1. The van der Waals surface area contributed by atoms with Crippen LogP contribution in [0.4, 0.5) is 0 Å². The minimum Gasteiger partial charge on any atom is -0.497 e. The van der Waals surface area contributed by atoms with E-state index in [0.29, 0.717) is 16.9 Å². The average Bonchev–Trinajstić information content (AvgIpc) is 3.28. The van der Waals surface area contributed by atoms with Crippen LogP contribution in [0.1, 0.15) is 30.9 Å². The van der Waals surface area contributed by atoms with Gasteiger partial charge in [0.05, 0.1) is 18.6 Å². The summed E-state index contributed by atoms with van der Waals surface area (Å²) in [7, 11) is -2.22. The van der Waals surface area contributed by atoms with Gasteiger partial charge in [0.1, 0.15) is 12.3 Å². The van der Waals surface area contributed by atoms with Crippen molar-refractivity contribution in [1.29, 1.82) is 0 Å². The Morgan fingerprint density at radius 1 is 1.26 bits per heavy atom. The first kappa shape index (κ1) is 17.7. The standard InChI is InChI=1S/C16H23NO5S/c1-5-22-15(18)10-17(13-6-7-13)23(19,20)16-11(2)8-14(21-4)9-12(16)3/h8-9,13H,5-7,10H2,1-4H3. The van der Waals surface area contributed by atoms with E-state index in [1.54, 1.807) is 40.0 Å². The molecule has 0 saturated heterocycles. The van der Waals surface area contributed by atoms with Crippen LogP contribution in [0.5, 0.6) is 5.75 Å². The van der Waals surface area contributed by atoms with Gasteiger partial charge in [-0.25, -0.2) is 8.42 Å². The van der Waals surface area contributed by atoms with Gasteiger partial charge in [-0.3, -0.25) is 4.79 Å². The quantitative estimate of drug-likeness (QED) is 0.710. The predicted molar refractivity (Wildman–Crippen MR) is 86.0 cm³/mol. The number of hydrogen-bond acceptors (Lipinski definition) is 5. The van der Waals surface area contributed by atoms with Crippen LogP contribution in [0, 0.1) is 13.8 Å². The molecule has 0 radical (unpaired) electrons. The molecule has 0 spiro atoms. The van der Waals surface area contributed by atoms with Crippen molar-refractivity contribution in [3.8, 4) is 5.75 Å². The van der Waals surface area contributed by atoms with Gasteiger partial charge in [-0.05, 0) is 56.9 Å². The van der Waals surface area contributed by atoms with E-state index < -0.39 is 16.0 Å². The molecule has 0 amide bonds. The fourth-order valence-electron chi connectivity index (χ4n) is 2.66. The molecule has 7 heteroatoms. The van der Waals surface area contributed by atoms with Crippen molar-refractivity contribution >= 4 is 16.0 Å². The zero-order valence-corrected chi connectivity index (χ0v) is 14.8. The molecule has 1 aromatic carbocycles. The highest BCUT2D eigenvalue weighted by Gasteiger charge is 2.40. The van der Waals surface area contributed by atoms with Crippen LogP contribution in [-0.4, -0.2) is 45.0 Å². The molecule has 1 fully saturated rings. The van der Waals surface area contributed by atoms with Gasteiger partial charge < -0.3 is 9.47 Å². The van der Waals surface area contributed by atoms with E-state index in [-0.39, 0.29) is 24.1 Å². The predicted octanol–water partition coefficient (Wildman–Crippen LogP) is 2.03. The molecule has 1 saturated carbocycles. The van der Waals surface area contributed by atoms with Gasteiger partial charge in [-0.1, -0.05) is 0 Å². The van der Waals surface area contributed by atoms with E-state index >= 15 is 0 Å². The summed E-state index contributed by atoms with van der Waals surface area (Å²) < 4.78 is 37.5. The molecule has 23 heavy (non-hydrogen) atoms. The number of benzene rings is 1. The summed E-state index contributed by atoms with van der Waals surface area (Å²) in [5.74, 6) is 0.0918. The summed E-state index contributed by atoms with van der Waals surface area (Å²) in [5.41, 5.74) is 1.22. The Morgan fingerprint density at radius 3 is 2.26 bits per heavy atom. The van der Waals surface area contributed by atoms with Gasteiger partial charge >= 0.3 is 5.97 Å². The van der Waals surface area contributed by atoms with E-state index in [1.807, 2.05) is 0 Å². The Morgan fingerprint density at radius 2 is 1.83 bits per heavy atom. The molecule has 0 bridgehead atoms. The molecular formula is C16H23NO5S. The first-order chi connectivity index (χ1) is 10.8. The lowest BCUT2D eigenvalue weighted by molar-refractivity contribution is -0.143. The van der Waals surface area contributed by atoms with Crippen LogP contribution in [0.3, 0.4) is 0 Å². The smallest absolute Gasteiger partial charge is 0.321 e. The third-order valence-electron chi connectivity index (χ3n) is 3.78. The molecule has 1 aliphatic carbocycles. The van der Waals surface area contributed by atoms with E-state index in [4.69, 9.17) is 9.47 Å². The minimum atomic E-state index is -3.76. The molecule has 6 nitrogen and oxygen atoms in total. The first-order valence-corrected chi connectivity index (χ1v) is 9.08. The number of esters is 1. The van der Waals surface area contributed by atoms with Crippen LogP contribution in [0.2, 0.25) is 0 Å². The lowest BCUT2D eigenvalue weighted by Crippen LogP contribution is -2.38. The van der Waals surface area contributed by atoms with Crippen molar-refractivity contribution in [2.45, 2.75) is 44.6 Å². The van der Waals surface area contributed by atoms with Crippen LogP contribution in [-0.2, 0) is 19.6 Å². The lowest BCUT2D eigenvalue weighted by Gasteiger charge is -2.23. The third kappa shape index (κ3) is 3.84. The summed E-state index contributed by atoms with van der Waals surface area (Å²) in [6.07, 6.45) is 1.54. The monoisotopic (exact) mass is 341 g/mol. The number of rotatable bonds is 7. The van der Waals surface area contributed by atoms with Crippen molar-refractivity contribution in [3.63, 3.8) is 0 Å². The first-order valence-electron chi connectivity index (χ1n) is 7.64. The molecule has 128 valence electrons. The van der Waals surface area contributed by atoms with Crippen molar-refractivity contribution in [2.24, 2.45) is 0 Å². The van der Waals surface area contributed by atoms with E-state index in [0.717, 1.165) is 12.8 Å². The van der Waals surface area contributed by atoms with E-state index in [9.17, 15) is 13.2 Å². The van der Waals surface area contributed by atoms with Crippen molar-refractivity contribution < 1.29 is 22.7 Å². The molecule has 0 aromatic heterocycles. The Hall–Kier alpha value is -1.60. The van der Waals surface area contributed by atoms with E-state index in [1.165, 1.54) is 4.31 Å². The fourth-order valence-corrected chi connectivity index (χ4v) is 4.70. The Labute approximate surface area is 137 Å². The minimum absolute atomic E-state index is 0.120. The zero-order chi connectivity index (χ0) is 17.2. The fraction of sp³-hybridized carbons (Fsp3) is 0.562. The Bertz CT molecular complexity index is 671. The summed E-state index contributed by atoms with van der Waals surface area (Å²) in [5, 5.41) is 0. The highest BCUT2D eigenvalue weighted by atomic mass is 32.2. The second-order valence-corrected chi connectivity index (χ2v) is 7.50. The van der Waals surface area contributed by atoms with Gasteiger partial charge in [0.25, 0.3) is 0 Å². The average molecular weight is 341 g/mol. The molecule has 1 aliphatic rings. The normalized spacial score (nSPS) is 14.8. The Balaban J connectivity index is 2.40. The Kier molecular flexibility index (Phi) is 5.31. The number of carbonyl (C=O) groups is 1. The molecule has 0 N–H and O–H groups in total. The maximum atomic E-state index is 13.1.